The molecule has 1 saturated heterocycles. The highest BCUT2D eigenvalue weighted by Gasteiger charge is 2.23. The summed E-state index contributed by atoms with van der Waals surface area (Å²) in [6, 6.07) is 3.86. The number of hydrogen-bond acceptors (Lipinski definition) is 6. The third-order valence-corrected chi connectivity index (χ3v) is 3.84. The first kappa shape index (κ1) is 12.6. The number of benzene rings is 1. The number of anilines is 1. The van der Waals surface area contributed by atoms with E-state index in [4.69, 9.17) is 0 Å². The number of thioether (sulfide) groups is 1. The lowest BCUT2D eigenvalue weighted by Crippen LogP contribution is -2.18. The first-order valence-electron chi connectivity index (χ1n) is 5.35. The van der Waals surface area contributed by atoms with Crippen molar-refractivity contribution in [3.63, 3.8) is 0 Å². The van der Waals surface area contributed by atoms with E-state index >= 15 is 0 Å². The third-order valence-electron chi connectivity index (χ3n) is 2.68. The Labute approximate surface area is 107 Å². The first-order valence-corrected chi connectivity index (χ1v) is 6.50. The van der Waals surface area contributed by atoms with Gasteiger partial charge in [0.05, 0.1) is 15.9 Å². The van der Waals surface area contributed by atoms with E-state index in [0.717, 1.165) is 24.0 Å². The number of hydrogen-bond donors (Lipinski definition) is 1. The number of non-ortho nitro benzene ring substituents is 1. The van der Waals surface area contributed by atoms with Crippen LogP contribution in [0.15, 0.2) is 18.2 Å². The fraction of sp³-hybridized carbons (Fsp3) is 0.400. The number of rotatable bonds is 4. The topological polar surface area (TPSA) is 98.3 Å². The average Bonchev–Trinajstić information content (AvgIpc) is 2.81. The fourth-order valence-corrected chi connectivity index (χ4v) is 2.93. The summed E-state index contributed by atoms with van der Waals surface area (Å²) in [5.74, 6) is 1.92. The van der Waals surface area contributed by atoms with Gasteiger partial charge in [0.1, 0.15) is 5.69 Å². The van der Waals surface area contributed by atoms with Crippen LogP contribution in [0.2, 0.25) is 0 Å². The summed E-state index contributed by atoms with van der Waals surface area (Å²) >= 11 is 1.78. The van der Waals surface area contributed by atoms with Crippen molar-refractivity contribution in [1.29, 1.82) is 0 Å². The third kappa shape index (κ3) is 2.70. The molecule has 0 radical (unpaired) electrons. The molecule has 1 aromatic rings. The van der Waals surface area contributed by atoms with Gasteiger partial charge >= 0.3 is 0 Å². The number of nitro benzene ring substituents is 2. The number of nitrogens with zero attached hydrogens (tertiary/aromatic N) is 2. The van der Waals surface area contributed by atoms with E-state index in [1.165, 1.54) is 12.1 Å². The predicted octanol–water partition coefficient (Wildman–Crippen LogP) is 2.42. The second-order valence-electron chi connectivity index (χ2n) is 3.92. The molecule has 1 aromatic carbocycles. The van der Waals surface area contributed by atoms with Gasteiger partial charge in [0.25, 0.3) is 11.4 Å². The molecule has 0 aliphatic carbocycles. The van der Waals surface area contributed by atoms with Gasteiger partial charge in [-0.1, -0.05) is 0 Å². The monoisotopic (exact) mass is 269 g/mol. The lowest BCUT2D eigenvalue weighted by molar-refractivity contribution is -0.393. The minimum Gasteiger partial charge on any atom is -0.376 e. The van der Waals surface area contributed by atoms with Gasteiger partial charge in [-0.25, -0.2) is 0 Å². The van der Waals surface area contributed by atoms with Crippen molar-refractivity contribution in [3.8, 4) is 0 Å². The molecule has 0 spiro atoms. The van der Waals surface area contributed by atoms with Crippen molar-refractivity contribution in [2.45, 2.75) is 12.5 Å². The Morgan fingerprint density at radius 2 is 2.06 bits per heavy atom. The molecule has 2 rings (SSSR count). The summed E-state index contributed by atoms with van der Waals surface area (Å²) in [5, 5.41) is 24.6. The predicted molar refractivity (Wildman–Crippen MR) is 69.1 cm³/mol. The van der Waals surface area contributed by atoms with Crippen LogP contribution in [-0.4, -0.2) is 27.4 Å². The van der Waals surface area contributed by atoms with Gasteiger partial charge in [-0.3, -0.25) is 20.2 Å². The molecule has 0 bridgehead atoms. The lowest BCUT2D eigenvalue weighted by Gasteiger charge is -2.12. The molecular formula is C10H11N3O4S. The minimum absolute atomic E-state index is 0.190. The summed E-state index contributed by atoms with van der Waals surface area (Å²) < 4.78 is 0. The molecule has 0 saturated carbocycles. The van der Waals surface area contributed by atoms with E-state index in [1.807, 2.05) is 0 Å². The highest BCUT2D eigenvalue weighted by molar-refractivity contribution is 7.99. The van der Waals surface area contributed by atoms with Crippen LogP contribution in [0.4, 0.5) is 17.1 Å². The molecule has 0 aromatic heterocycles. The Balaban J connectivity index is 2.28. The molecule has 7 nitrogen and oxygen atoms in total. The molecule has 1 atom stereocenters. The van der Waals surface area contributed by atoms with E-state index in [-0.39, 0.29) is 17.4 Å². The molecule has 1 unspecified atom stereocenters. The number of nitro groups is 2. The zero-order valence-corrected chi connectivity index (χ0v) is 10.2. The zero-order chi connectivity index (χ0) is 13.1. The maximum absolute atomic E-state index is 10.9. The SMILES string of the molecule is O=[N+]([O-])c1ccc(NC2CCSC2)c([N+](=O)[O-])c1. The summed E-state index contributed by atoms with van der Waals surface area (Å²) in [5.41, 5.74) is -0.174. The van der Waals surface area contributed by atoms with Crippen LogP contribution in [0, 0.1) is 20.2 Å². The van der Waals surface area contributed by atoms with E-state index in [9.17, 15) is 20.2 Å². The van der Waals surface area contributed by atoms with Gasteiger partial charge in [0.15, 0.2) is 0 Å². The summed E-state index contributed by atoms with van der Waals surface area (Å²) in [6.07, 6.45) is 0.943. The maximum atomic E-state index is 10.9. The van der Waals surface area contributed by atoms with Gasteiger partial charge < -0.3 is 5.32 Å². The Hall–Kier alpha value is -1.83. The smallest absolute Gasteiger partial charge is 0.299 e. The van der Waals surface area contributed by atoms with Crippen LogP contribution in [-0.2, 0) is 0 Å². The molecule has 96 valence electrons. The van der Waals surface area contributed by atoms with Crippen molar-refractivity contribution < 1.29 is 9.85 Å². The molecule has 0 amide bonds. The van der Waals surface area contributed by atoms with Crippen molar-refractivity contribution in [2.75, 3.05) is 16.8 Å². The summed E-state index contributed by atoms with van der Waals surface area (Å²) in [4.78, 5) is 20.3. The fourth-order valence-electron chi connectivity index (χ4n) is 1.77. The summed E-state index contributed by atoms with van der Waals surface area (Å²) in [6.45, 7) is 0. The molecule has 1 aliphatic heterocycles. The molecule has 1 fully saturated rings. The van der Waals surface area contributed by atoms with E-state index < -0.39 is 9.85 Å². The van der Waals surface area contributed by atoms with Crippen molar-refractivity contribution in [3.05, 3.63) is 38.4 Å². The van der Waals surface area contributed by atoms with Crippen LogP contribution in [0.1, 0.15) is 6.42 Å². The standard InChI is InChI=1S/C10H11N3O4S/c14-12(15)8-1-2-9(10(5-8)13(16)17)11-7-3-4-18-6-7/h1-2,5,7,11H,3-4,6H2. The van der Waals surface area contributed by atoms with Crippen LogP contribution in [0.3, 0.4) is 0 Å². The second-order valence-corrected chi connectivity index (χ2v) is 5.07. The molecule has 1 N–H and O–H groups in total. The Morgan fingerprint density at radius 1 is 1.28 bits per heavy atom. The highest BCUT2D eigenvalue weighted by Crippen LogP contribution is 2.31. The highest BCUT2D eigenvalue weighted by atomic mass is 32.2. The average molecular weight is 269 g/mol. The van der Waals surface area contributed by atoms with Gasteiger partial charge in [-0.2, -0.15) is 11.8 Å². The van der Waals surface area contributed by atoms with Gasteiger partial charge in [0.2, 0.25) is 0 Å². The Bertz CT molecular complexity index is 488. The van der Waals surface area contributed by atoms with Crippen LogP contribution in [0.5, 0.6) is 0 Å². The zero-order valence-electron chi connectivity index (χ0n) is 9.37. The Morgan fingerprint density at radius 3 is 2.61 bits per heavy atom. The molecule has 1 heterocycles. The maximum Gasteiger partial charge on any atom is 0.299 e. The molecule has 8 heteroatoms. The second kappa shape index (κ2) is 5.21. The van der Waals surface area contributed by atoms with Gasteiger partial charge in [-0.05, 0) is 18.2 Å². The minimum atomic E-state index is -0.637. The van der Waals surface area contributed by atoms with Crippen molar-refractivity contribution in [1.82, 2.24) is 0 Å². The van der Waals surface area contributed by atoms with Crippen LogP contribution >= 0.6 is 11.8 Å². The van der Waals surface area contributed by atoms with E-state index in [0.29, 0.717) is 5.69 Å². The van der Waals surface area contributed by atoms with Gasteiger partial charge in [0, 0.05) is 17.9 Å². The van der Waals surface area contributed by atoms with E-state index in [1.54, 1.807) is 11.8 Å². The van der Waals surface area contributed by atoms with Crippen LogP contribution in [0.25, 0.3) is 0 Å². The Kier molecular flexibility index (Phi) is 3.66. The van der Waals surface area contributed by atoms with Crippen LogP contribution < -0.4 is 5.32 Å². The summed E-state index contributed by atoms with van der Waals surface area (Å²) in [7, 11) is 0. The largest absolute Gasteiger partial charge is 0.376 e. The van der Waals surface area contributed by atoms with Crippen molar-refractivity contribution >= 4 is 28.8 Å². The normalized spacial score (nSPS) is 18.6. The molecular weight excluding hydrogens is 258 g/mol. The van der Waals surface area contributed by atoms with Gasteiger partial charge in [-0.15, -0.1) is 0 Å². The quantitative estimate of drug-likeness (QED) is 0.665. The molecule has 1 aliphatic rings. The molecule has 18 heavy (non-hydrogen) atoms. The lowest BCUT2D eigenvalue weighted by atomic mass is 10.2. The number of nitrogens with one attached hydrogen (secondary N) is 1. The van der Waals surface area contributed by atoms with Crippen molar-refractivity contribution in [2.24, 2.45) is 0 Å². The first-order chi connectivity index (χ1) is 8.58. The van der Waals surface area contributed by atoms with E-state index in [2.05, 4.69) is 5.32 Å².